The van der Waals surface area contributed by atoms with Gasteiger partial charge in [0.15, 0.2) is 5.78 Å². The van der Waals surface area contributed by atoms with Crippen LogP contribution in [0.5, 0.6) is 0 Å². The number of benzene rings is 3. The van der Waals surface area contributed by atoms with Gasteiger partial charge < -0.3 is 5.32 Å². The summed E-state index contributed by atoms with van der Waals surface area (Å²) >= 11 is 15.9. The summed E-state index contributed by atoms with van der Waals surface area (Å²) in [7, 11) is -3.88. The van der Waals surface area contributed by atoms with Crippen molar-refractivity contribution in [2.75, 3.05) is 10.0 Å². The van der Waals surface area contributed by atoms with E-state index < -0.39 is 16.1 Å². The summed E-state index contributed by atoms with van der Waals surface area (Å²) in [5.41, 5.74) is 1.85. The Hall–Kier alpha value is -2.98. The zero-order valence-electron chi connectivity index (χ0n) is 18.5. The lowest BCUT2D eigenvalue weighted by atomic mass is 9.97. The van der Waals surface area contributed by atoms with E-state index >= 15 is 0 Å². The molecule has 1 atom stereocenters. The highest BCUT2D eigenvalue weighted by Crippen LogP contribution is 2.32. The number of ketones is 1. The molecular weight excluding hydrogens is 587 g/mol. The molecule has 4 rings (SSSR count). The first-order valence-corrected chi connectivity index (χ1v) is 13.6. The number of sulfonamides is 1. The van der Waals surface area contributed by atoms with Crippen LogP contribution >= 0.6 is 39.1 Å². The van der Waals surface area contributed by atoms with E-state index in [1.165, 1.54) is 24.5 Å². The number of nitrogens with one attached hydrogen (secondary N) is 2. The fourth-order valence-electron chi connectivity index (χ4n) is 3.42. The summed E-state index contributed by atoms with van der Waals surface area (Å²) in [6.07, 6.45) is 2.99. The second kappa shape index (κ2) is 11.4. The Morgan fingerprint density at radius 1 is 0.944 bits per heavy atom. The Balaban J connectivity index is 1.57. The standard InChI is InChI=1S/C25H19BrCl2N4O3S/c26-17-4-2-16(3-5-17)24(33)15-23(21-11-6-18(27)14-22(21)28)31-19-7-9-20(10-8-19)36(34,35)32-25-29-12-1-13-30-25/h1-14,23,31H,15H2,(H,29,30,32). The van der Waals surface area contributed by atoms with E-state index in [1.807, 2.05) is 0 Å². The van der Waals surface area contributed by atoms with Crippen molar-refractivity contribution < 1.29 is 13.2 Å². The highest BCUT2D eigenvalue weighted by atomic mass is 79.9. The van der Waals surface area contributed by atoms with Gasteiger partial charge in [-0.3, -0.25) is 4.79 Å². The third-order valence-electron chi connectivity index (χ3n) is 5.19. The Kier molecular flexibility index (Phi) is 8.25. The third-order valence-corrected chi connectivity index (χ3v) is 7.63. The predicted molar refractivity (Wildman–Crippen MR) is 145 cm³/mol. The van der Waals surface area contributed by atoms with Crippen molar-refractivity contribution >= 4 is 66.6 Å². The maximum absolute atomic E-state index is 13.0. The van der Waals surface area contributed by atoms with Crippen LogP contribution in [0.4, 0.5) is 11.6 Å². The van der Waals surface area contributed by atoms with Crippen LogP contribution in [0.15, 0.2) is 94.6 Å². The van der Waals surface area contributed by atoms with Gasteiger partial charge in [-0.15, -0.1) is 0 Å². The molecule has 36 heavy (non-hydrogen) atoms. The van der Waals surface area contributed by atoms with Crippen molar-refractivity contribution in [1.29, 1.82) is 0 Å². The minimum Gasteiger partial charge on any atom is -0.378 e. The number of hydrogen-bond donors (Lipinski definition) is 2. The molecule has 0 aliphatic heterocycles. The number of aromatic nitrogens is 2. The third kappa shape index (κ3) is 6.61. The van der Waals surface area contributed by atoms with E-state index in [-0.39, 0.29) is 23.0 Å². The maximum Gasteiger partial charge on any atom is 0.264 e. The van der Waals surface area contributed by atoms with E-state index in [2.05, 4.69) is 35.9 Å². The first-order chi connectivity index (χ1) is 17.2. The van der Waals surface area contributed by atoms with E-state index in [0.717, 1.165) is 4.47 Å². The topological polar surface area (TPSA) is 101 Å². The number of hydrogen-bond acceptors (Lipinski definition) is 6. The van der Waals surface area contributed by atoms with Gasteiger partial charge in [-0.05, 0) is 60.2 Å². The molecule has 0 radical (unpaired) electrons. The SMILES string of the molecule is O=C(CC(Nc1ccc(S(=O)(=O)Nc2ncccn2)cc1)c1ccc(Cl)cc1Cl)c1ccc(Br)cc1. The molecule has 3 aromatic carbocycles. The summed E-state index contributed by atoms with van der Waals surface area (Å²) in [6.45, 7) is 0. The van der Waals surface area contributed by atoms with Crippen molar-refractivity contribution in [3.63, 3.8) is 0 Å². The van der Waals surface area contributed by atoms with Gasteiger partial charge in [-0.2, -0.15) is 0 Å². The van der Waals surface area contributed by atoms with Gasteiger partial charge in [0.05, 0.1) is 10.9 Å². The minimum atomic E-state index is -3.88. The molecule has 4 aromatic rings. The zero-order chi connectivity index (χ0) is 25.7. The molecule has 0 fully saturated rings. The van der Waals surface area contributed by atoms with Crippen LogP contribution in [-0.4, -0.2) is 24.2 Å². The van der Waals surface area contributed by atoms with E-state index in [0.29, 0.717) is 26.9 Å². The molecule has 0 bridgehead atoms. The highest BCUT2D eigenvalue weighted by molar-refractivity contribution is 9.10. The lowest BCUT2D eigenvalue weighted by Gasteiger charge is -2.21. The molecule has 0 spiro atoms. The molecule has 0 aliphatic carbocycles. The van der Waals surface area contributed by atoms with Crippen LogP contribution < -0.4 is 10.0 Å². The van der Waals surface area contributed by atoms with Crippen LogP contribution in [-0.2, 0) is 10.0 Å². The number of rotatable bonds is 9. The Morgan fingerprint density at radius 2 is 1.61 bits per heavy atom. The fraction of sp³-hybridized carbons (Fsp3) is 0.0800. The predicted octanol–water partition coefficient (Wildman–Crippen LogP) is 6.77. The summed E-state index contributed by atoms with van der Waals surface area (Å²) in [5, 5.41) is 4.19. The van der Waals surface area contributed by atoms with Crippen LogP contribution in [0.1, 0.15) is 28.4 Å². The molecule has 0 aliphatic rings. The van der Waals surface area contributed by atoms with Gasteiger partial charge in [0, 0.05) is 44.6 Å². The Bertz CT molecular complexity index is 1470. The van der Waals surface area contributed by atoms with Gasteiger partial charge in [0.1, 0.15) is 0 Å². The van der Waals surface area contributed by atoms with Gasteiger partial charge in [-0.25, -0.2) is 23.1 Å². The molecule has 7 nitrogen and oxygen atoms in total. The number of carbonyl (C=O) groups is 1. The van der Waals surface area contributed by atoms with E-state index in [1.54, 1.807) is 60.7 Å². The first-order valence-electron chi connectivity index (χ1n) is 10.6. The number of Topliss-reactive ketones (excluding diaryl/α,β-unsaturated/α-hetero) is 1. The smallest absolute Gasteiger partial charge is 0.264 e. The van der Waals surface area contributed by atoms with Crippen LogP contribution in [0.25, 0.3) is 0 Å². The molecule has 0 saturated carbocycles. The van der Waals surface area contributed by atoms with Gasteiger partial charge >= 0.3 is 0 Å². The summed E-state index contributed by atoms with van der Waals surface area (Å²) in [6, 6.07) is 19.4. The zero-order valence-corrected chi connectivity index (χ0v) is 22.4. The van der Waals surface area contributed by atoms with Gasteiger partial charge in [0.2, 0.25) is 5.95 Å². The lowest BCUT2D eigenvalue weighted by molar-refractivity contribution is 0.0976. The first kappa shape index (κ1) is 26.1. The van der Waals surface area contributed by atoms with Crippen molar-refractivity contribution in [3.8, 4) is 0 Å². The maximum atomic E-state index is 13.0. The van der Waals surface area contributed by atoms with Crippen LogP contribution in [0.2, 0.25) is 10.0 Å². The van der Waals surface area contributed by atoms with Gasteiger partial charge in [0.25, 0.3) is 10.0 Å². The average Bonchev–Trinajstić information content (AvgIpc) is 2.85. The second-order valence-corrected chi connectivity index (χ2v) is 11.1. The van der Waals surface area contributed by atoms with Crippen LogP contribution in [0, 0.1) is 0 Å². The molecule has 1 heterocycles. The van der Waals surface area contributed by atoms with Crippen LogP contribution in [0.3, 0.4) is 0 Å². The lowest BCUT2D eigenvalue weighted by Crippen LogP contribution is -2.17. The quantitative estimate of drug-likeness (QED) is 0.204. The van der Waals surface area contributed by atoms with E-state index in [4.69, 9.17) is 23.2 Å². The summed E-state index contributed by atoms with van der Waals surface area (Å²) < 4.78 is 28.5. The average molecular weight is 606 g/mol. The molecular formula is C25H19BrCl2N4O3S. The molecule has 11 heteroatoms. The Morgan fingerprint density at radius 3 is 2.25 bits per heavy atom. The number of anilines is 2. The minimum absolute atomic E-state index is 0.0244. The largest absolute Gasteiger partial charge is 0.378 e. The molecule has 1 unspecified atom stereocenters. The highest BCUT2D eigenvalue weighted by Gasteiger charge is 2.21. The van der Waals surface area contributed by atoms with Crippen molar-refractivity contribution in [2.24, 2.45) is 0 Å². The Labute approximate surface area is 227 Å². The van der Waals surface area contributed by atoms with E-state index in [9.17, 15) is 13.2 Å². The molecule has 1 aromatic heterocycles. The molecule has 2 N–H and O–H groups in total. The molecule has 184 valence electrons. The van der Waals surface area contributed by atoms with Crippen molar-refractivity contribution in [3.05, 3.63) is 111 Å². The number of nitrogens with zero attached hydrogens (tertiary/aromatic N) is 2. The molecule has 0 amide bonds. The van der Waals surface area contributed by atoms with Crippen molar-refractivity contribution in [2.45, 2.75) is 17.4 Å². The normalized spacial score (nSPS) is 12.1. The summed E-state index contributed by atoms with van der Waals surface area (Å²) in [5.74, 6) is -0.110. The fourth-order valence-corrected chi connectivity index (χ4v) is 5.19. The monoisotopic (exact) mass is 604 g/mol. The second-order valence-electron chi connectivity index (χ2n) is 7.70. The number of halogens is 3. The number of carbonyl (C=O) groups excluding carboxylic acids is 1. The summed E-state index contributed by atoms with van der Waals surface area (Å²) in [4.78, 5) is 20.8. The van der Waals surface area contributed by atoms with Crippen molar-refractivity contribution in [1.82, 2.24) is 9.97 Å². The molecule has 0 saturated heterocycles. The van der Waals surface area contributed by atoms with Gasteiger partial charge in [-0.1, -0.05) is 57.3 Å².